The summed E-state index contributed by atoms with van der Waals surface area (Å²) in [5, 5.41) is 91.8. The Hall–Kier alpha value is -4.66. The highest BCUT2D eigenvalue weighted by Crippen LogP contribution is 2.63. The molecular formula is C70H90N4O8S2. The molecule has 19 atom stereocenters. The molecule has 8 aliphatic rings. The van der Waals surface area contributed by atoms with Gasteiger partial charge in [-0.15, -0.1) is 0 Å². The minimum absolute atomic E-state index is 0.0207. The van der Waals surface area contributed by atoms with Crippen LogP contribution in [0, 0.1) is 70.5 Å². The zero-order chi connectivity index (χ0) is 58.2. The van der Waals surface area contributed by atoms with Gasteiger partial charge in [-0.3, -0.25) is 0 Å². The number of aryl methyl sites for hydroxylation is 1. The van der Waals surface area contributed by atoms with Crippen molar-refractivity contribution in [3.05, 3.63) is 153 Å². The number of hydrogen-bond donors (Lipinski definition) is 11. The summed E-state index contributed by atoms with van der Waals surface area (Å²) in [7, 11) is 3.26. The van der Waals surface area contributed by atoms with Gasteiger partial charge in [-0.1, -0.05) is 113 Å². The molecule has 19 unspecified atom stereocenters. The third-order valence-corrected chi connectivity index (χ3v) is 23.9. The highest BCUT2D eigenvalue weighted by molar-refractivity contribution is 8.76. The highest BCUT2D eigenvalue weighted by atomic mass is 33.1. The van der Waals surface area contributed by atoms with Crippen LogP contribution in [-0.2, 0) is 25.7 Å². The largest absolute Gasteiger partial charge is 0.504 e. The molecule has 450 valence electrons. The SMILES string of the molecule is CCC1Cc2cc(O)c(OC3CC(Cc4ccc[nH]4)C4=CCNC(N)=C4CSSCC(CO)C3O)cc2C2CC(O)C3C(C#CC4(CC(NCC(C)O)CCC3O)CC(c3ccccc3)C3Cc5ccccc5CCC5CCC(O)C4C53)C=C12. The predicted octanol–water partition coefficient (Wildman–Crippen LogP) is 9.24. The molecule has 3 fully saturated rings. The Morgan fingerprint density at radius 2 is 1.67 bits per heavy atom. The van der Waals surface area contributed by atoms with Crippen LogP contribution >= 0.6 is 21.6 Å². The maximum atomic E-state index is 13.0. The molecular weight excluding hydrogens is 1090 g/mol. The zero-order valence-electron chi connectivity index (χ0n) is 49.0. The number of rotatable bonds is 10. The van der Waals surface area contributed by atoms with Gasteiger partial charge in [-0.2, -0.15) is 0 Å². The maximum absolute atomic E-state index is 13.0. The number of phenolic OH excluding ortho intramolecular Hbond substituents is 1. The molecule has 1 spiro atoms. The summed E-state index contributed by atoms with van der Waals surface area (Å²) in [6, 6.07) is 27.8. The average Bonchev–Trinajstić information content (AvgIpc) is 2.74. The zero-order valence-corrected chi connectivity index (χ0v) is 50.6. The number of aromatic hydroxyl groups is 1. The van der Waals surface area contributed by atoms with Crippen LogP contribution in [0.25, 0.3) is 0 Å². The van der Waals surface area contributed by atoms with Gasteiger partial charge in [0.15, 0.2) is 11.5 Å². The number of ether oxygens (including phenoxy) is 1. The molecule has 12 rings (SSSR count). The number of H-pyrrole nitrogens is 1. The van der Waals surface area contributed by atoms with Gasteiger partial charge in [-0.05, 0) is 190 Å². The molecule has 0 bridgehead atoms. The minimum atomic E-state index is -1.08. The summed E-state index contributed by atoms with van der Waals surface area (Å²) in [5.41, 5.74) is 16.5. The third kappa shape index (κ3) is 12.2. The molecule has 1 aromatic heterocycles. The quantitative estimate of drug-likeness (QED) is 0.0406. The van der Waals surface area contributed by atoms with E-state index in [1.807, 2.05) is 24.4 Å². The lowest BCUT2D eigenvalue weighted by Crippen LogP contribution is -2.58. The first-order valence-corrected chi connectivity index (χ1v) is 34.2. The molecule has 3 heterocycles. The minimum Gasteiger partial charge on any atom is -0.504 e. The second kappa shape index (κ2) is 26.0. The number of benzene rings is 3. The fourth-order valence-corrected chi connectivity index (χ4v) is 20.0. The Labute approximate surface area is 505 Å². The van der Waals surface area contributed by atoms with Crippen molar-refractivity contribution in [2.45, 2.75) is 158 Å². The molecule has 6 aliphatic carbocycles. The van der Waals surface area contributed by atoms with E-state index < -0.39 is 59.8 Å². The number of aliphatic hydroxyl groups excluding tert-OH is 6. The molecule has 14 heteroatoms. The molecule has 3 aromatic carbocycles. The monoisotopic (exact) mass is 1180 g/mol. The van der Waals surface area contributed by atoms with Crippen molar-refractivity contribution < 1.29 is 40.5 Å². The van der Waals surface area contributed by atoms with E-state index in [0.717, 1.165) is 72.9 Å². The van der Waals surface area contributed by atoms with Gasteiger partial charge < -0.3 is 61.8 Å². The van der Waals surface area contributed by atoms with Gasteiger partial charge in [0, 0.05) is 89.7 Å². The van der Waals surface area contributed by atoms with Crippen LogP contribution in [0.5, 0.6) is 11.5 Å². The Kier molecular flexibility index (Phi) is 18.4. The normalized spacial score (nSPS) is 36.4. The van der Waals surface area contributed by atoms with Crippen LogP contribution < -0.4 is 21.1 Å². The van der Waals surface area contributed by atoms with E-state index in [1.54, 1.807) is 28.5 Å². The first kappa shape index (κ1) is 59.7. The second-order valence-corrected chi connectivity index (χ2v) is 29.0. The number of aromatic amines is 1. The molecule has 84 heavy (non-hydrogen) atoms. The number of phenols is 1. The lowest BCUT2D eigenvalue weighted by Gasteiger charge is -2.60. The fraction of sp³-hybridized carbons (Fsp3) is 0.571. The van der Waals surface area contributed by atoms with Crippen LogP contribution in [0.2, 0.25) is 0 Å². The van der Waals surface area contributed by atoms with Crippen LogP contribution in [0.15, 0.2) is 120 Å². The van der Waals surface area contributed by atoms with Crippen LogP contribution in [0.3, 0.4) is 0 Å². The average molecular weight is 1180 g/mol. The molecule has 12 nitrogen and oxygen atoms in total. The summed E-state index contributed by atoms with van der Waals surface area (Å²) in [5.74, 6) is 9.21. The molecule has 4 aromatic rings. The molecule has 0 radical (unpaired) electrons. The van der Waals surface area contributed by atoms with Crippen molar-refractivity contribution in [3.8, 4) is 23.3 Å². The number of hydrogen-bond acceptors (Lipinski definition) is 13. The number of aliphatic hydroxyl groups is 6. The van der Waals surface area contributed by atoms with Crippen molar-refractivity contribution >= 4 is 21.6 Å². The lowest BCUT2D eigenvalue weighted by molar-refractivity contribution is -0.117. The Morgan fingerprint density at radius 1 is 0.857 bits per heavy atom. The van der Waals surface area contributed by atoms with E-state index in [0.29, 0.717) is 87.2 Å². The number of dihydropyridines is 1. The second-order valence-electron chi connectivity index (χ2n) is 26.5. The summed E-state index contributed by atoms with van der Waals surface area (Å²) in [6.45, 7) is 4.74. The van der Waals surface area contributed by atoms with E-state index >= 15 is 0 Å². The van der Waals surface area contributed by atoms with Gasteiger partial charge in [0.2, 0.25) is 0 Å². The van der Waals surface area contributed by atoms with Crippen molar-refractivity contribution in [2.75, 3.05) is 31.2 Å². The highest BCUT2D eigenvalue weighted by Gasteiger charge is 2.59. The van der Waals surface area contributed by atoms with E-state index in [4.69, 9.17) is 10.5 Å². The summed E-state index contributed by atoms with van der Waals surface area (Å²) >= 11 is 0. The van der Waals surface area contributed by atoms with Gasteiger partial charge >= 0.3 is 0 Å². The van der Waals surface area contributed by atoms with Gasteiger partial charge in [-0.25, -0.2) is 0 Å². The number of aromatic nitrogens is 1. The molecule has 2 aliphatic heterocycles. The fourth-order valence-electron chi connectivity index (χ4n) is 17.5. The van der Waals surface area contributed by atoms with Crippen molar-refractivity contribution in [1.29, 1.82) is 0 Å². The number of nitrogens with one attached hydrogen (secondary N) is 3. The van der Waals surface area contributed by atoms with Gasteiger partial charge in [0.05, 0.1) is 30.5 Å². The summed E-state index contributed by atoms with van der Waals surface area (Å²) in [4.78, 5) is 3.39. The van der Waals surface area contributed by atoms with Gasteiger partial charge in [0.1, 0.15) is 11.9 Å². The smallest absolute Gasteiger partial charge is 0.161 e. The third-order valence-electron chi connectivity index (χ3n) is 21.5. The molecule has 12 N–H and O–H groups in total. The van der Waals surface area contributed by atoms with Crippen molar-refractivity contribution in [3.63, 3.8) is 0 Å². The van der Waals surface area contributed by atoms with Crippen LogP contribution in [0.1, 0.15) is 123 Å². The topological polar surface area (TPSA) is 217 Å². The number of fused-ring (bicyclic) bond motifs is 7. The van der Waals surface area contributed by atoms with E-state index in [9.17, 15) is 35.7 Å². The van der Waals surface area contributed by atoms with Crippen LogP contribution in [-0.4, -0.2) is 115 Å². The number of nitrogens with two attached hydrogens (primary N) is 1. The molecule has 2 saturated carbocycles. The first-order chi connectivity index (χ1) is 40.8. The Morgan fingerprint density at radius 3 is 2.45 bits per heavy atom. The standard InChI is InChI=1S/C70H90N4O8S2/c1-3-41-26-47-30-61(79)63(82-64-31-48(27-50-14-9-24-72-50)52-22-25-73-69(71)58(52)39-84-83-38-49(37-75)68(64)81)33-54(47)55-32-62(80)66-46(29-53(41)55)21-23-70(34-51(18-20-59(66)77)74-36-40(2)76)35-57(43-11-5-4-6-12-43)56-28-45-13-8-7-10-42(45)15-16-44-17-19-60(78)67(70)65(44)56/h4-14,22,24,29-30,33,40-41,44,46,48-49,51,55-57,59-60,62,64-68,72-81H,3,15-20,25-28,31-32,34-39,71H2,1-2H3. The van der Waals surface area contributed by atoms with Crippen molar-refractivity contribution in [1.82, 2.24) is 15.6 Å². The summed E-state index contributed by atoms with van der Waals surface area (Å²) in [6.07, 6.45) is 11.7. The van der Waals surface area contributed by atoms with Gasteiger partial charge in [0.25, 0.3) is 0 Å². The molecule has 1 saturated heterocycles. The van der Waals surface area contributed by atoms with Crippen LogP contribution in [0.4, 0.5) is 0 Å². The lowest BCUT2D eigenvalue weighted by atomic mass is 9.45. The summed E-state index contributed by atoms with van der Waals surface area (Å²) < 4.78 is 7.04. The number of allylic oxidation sites excluding steroid dienone is 3. The van der Waals surface area contributed by atoms with E-state index in [1.165, 1.54) is 22.3 Å². The Bertz CT molecular complexity index is 3080. The maximum Gasteiger partial charge on any atom is 0.161 e. The predicted molar refractivity (Wildman–Crippen MR) is 335 cm³/mol. The Balaban J connectivity index is 0.948. The van der Waals surface area contributed by atoms with Crippen molar-refractivity contribution in [2.24, 2.45) is 64.4 Å². The van der Waals surface area contributed by atoms with E-state index in [-0.39, 0.29) is 59.7 Å². The van der Waals surface area contributed by atoms with E-state index in [2.05, 4.69) is 107 Å². The molecule has 0 amide bonds. The first-order valence-electron chi connectivity index (χ1n) is 31.7.